The Morgan fingerprint density at radius 2 is 1.85 bits per heavy atom. The van der Waals surface area contributed by atoms with Gasteiger partial charge in [0.25, 0.3) is 5.91 Å². The molecule has 0 aliphatic heterocycles. The third-order valence-corrected chi connectivity index (χ3v) is 5.60. The summed E-state index contributed by atoms with van der Waals surface area (Å²) in [6.45, 7) is 3.96. The molecule has 1 aliphatic rings. The van der Waals surface area contributed by atoms with E-state index in [1.807, 2.05) is 26.0 Å². The minimum atomic E-state index is -0.632. The zero-order valence-corrected chi connectivity index (χ0v) is 16.5. The van der Waals surface area contributed by atoms with Crippen molar-refractivity contribution in [3.63, 3.8) is 0 Å². The maximum absolute atomic E-state index is 12.9. The van der Waals surface area contributed by atoms with Crippen molar-refractivity contribution in [2.24, 2.45) is 5.92 Å². The first-order valence-corrected chi connectivity index (χ1v) is 9.85. The molecule has 2 amide bonds. The predicted molar refractivity (Wildman–Crippen MR) is 109 cm³/mol. The van der Waals surface area contributed by atoms with Gasteiger partial charge >= 0.3 is 0 Å². The maximum atomic E-state index is 12.9. The monoisotopic (exact) mass is 384 g/mol. The van der Waals surface area contributed by atoms with E-state index < -0.39 is 6.04 Å². The molecule has 2 N–H and O–H groups in total. The van der Waals surface area contributed by atoms with Crippen LogP contribution in [0.3, 0.4) is 0 Å². The smallest absolute Gasteiger partial charge is 0.253 e. The summed E-state index contributed by atoms with van der Waals surface area (Å²) >= 11 is 6.12. The highest BCUT2D eigenvalue weighted by Gasteiger charge is 2.27. The van der Waals surface area contributed by atoms with Crippen LogP contribution in [0.2, 0.25) is 5.02 Å². The van der Waals surface area contributed by atoms with Crippen LogP contribution in [0.15, 0.2) is 42.5 Å². The molecule has 0 spiro atoms. The highest BCUT2D eigenvalue weighted by Crippen LogP contribution is 2.25. The maximum Gasteiger partial charge on any atom is 0.253 e. The quantitative estimate of drug-likeness (QED) is 0.763. The van der Waals surface area contributed by atoms with E-state index in [1.165, 1.54) is 11.1 Å². The van der Waals surface area contributed by atoms with E-state index in [4.69, 9.17) is 11.6 Å². The second-order valence-corrected chi connectivity index (χ2v) is 7.55. The molecule has 0 radical (unpaired) electrons. The molecule has 4 nitrogen and oxygen atoms in total. The summed E-state index contributed by atoms with van der Waals surface area (Å²) in [5.74, 6) is -0.552. The summed E-state index contributed by atoms with van der Waals surface area (Å²) in [7, 11) is 0. The van der Waals surface area contributed by atoms with Gasteiger partial charge < -0.3 is 10.6 Å². The van der Waals surface area contributed by atoms with E-state index in [-0.39, 0.29) is 17.7 Å². The first-order chi connectivity index (χ1) is 13.0. The number of aryl methyl sites for hydroxylation is 2. The summed E-state index contributed by atoms with van der Waals surface area (Å²) in [5.41, 5.74) is 3.81. The number of amides is 2. The fourth-order valence-electron chi connectivity index (χ4n) is 3.44. The van der Waals surface area contributed by atoms with Crippen molar-refractivity contribution in [1.29, 1.82) is 0 Å². The molecular formula is C22H25ClN2O2. The van der Waals surface area contributed by atoms with Crippen LogP contribution in [0.25, 0.3) is 0 Å². The van der Waals surface area contributed by atoms with Gasteiger partial charge in [0.2, 0.25) is 5.91 Å². The molecule has 5 heteroatoms. The third kappa shape index (κ3) is 4.51. The molecule has 1 aliphatic carbocycles. The molecule has 2 aromatic rings. The fraction of sp³-hybridized carbons (Fsp3) is 0.364. The molecule has 0 fully saturated rings. The largest absolute Gasteiger partial charge is 0.340 e. The van der Waals surface area contributed by atoms with E-state index in [9.17, 15) is 9.59 Å². The van der Waals surface area contributed by atoms with Crippen LogP contribution in [0.1, 0.15) is 48.2 Å². The number of hydrogen-bond acceptors (Lipinski definition) is 2. The van der Waals surface area contributed by atoms with E-state index in [0.29, 0.717) is 10.6 Å². The summed E-state index contributed by atoms with van der Waals surface area (Å²) in [5, 5.41) is 6.21. The molecule has 0 heterocycles. The average Bonchev–Trinajstić information content (AvgIpc) is 3.13. The number of benzene rings is 2. The number of carbonyl (C=O) groups excluding carboxylic acids is 2. The molecule has 0 saturated carbocycles. The van der Waals surface area contributed by atoms with Crippen LogP contribution in [0.5, 0.6) is 0 Å². The number of rotatable bonds is 6. The molecule has 0 bridgehead atoms. The fourth-order valence-corrected chi connectivity index (χ4v) is 3.66. The summed E-state index contributed by atoms with van der Waals surface area (Å²) < 4.78 is 0. The lowest BCUT2D eigenvalue weighted by atomic mass is 9.97. The van der Waals surface area contributed by atoms with Gasteiger partial charge in [0.15, 0.2) is 0 Å². The number of fused-ring (bicyclic) bond motifs is 1. The summed E-state index contributed by atoms with van der Waals surface area (Å²) in [4.78, 5) is 25.5. The first kappa shape index (κ1) is 19.4. The van der Waals surface area contributed by atoms with Crippen LogP contribution >= 0.6 is 11.6 Å². The van der Waals surface area contributed by atoms with Crippen molar-refractivity contribution in [2.45, 2.75) is 45.6 Å². The van der Waals surface area contributed by atoms with E-state index in [0.717, 1.165) is 31.4 Å². The lowest BCUT2D eigenvalue weighted by Crippen LogP contribution is -2.47. The van der Waals surface area contributed by atoms with Crippen LogP contribution in [-0.2, 0) is 17.6 Å². The Balaban J connectivity index is 1.75. The van der Waals surface area contributed by atoms with Gasteiger partial charge in [-0.3, -0.25) is 9.59 Å². The van der Waals surface area contributed by atoms with Crippen LogP contribution in [0, 0.1) is 5.92 Å². The zero-order valence-electron chi connectivity index (χ0n) is 15.7. The van der Waals surface area contributed by atoms with Crippen LogP contribution < -0.4 is 10.6 Å². The molecule has 0 saturated heterocycles. The molecule has 27 heavy (non-hydrogen) atoms. The van der Waals surface area contributed by atoms with Gasteiger partial charge in [0, 0.05) is 5.69 Å². The second-order valence-electron chi connectivity index (χ2n) is 7.14. The van der Waals surface area contributed by atoms with Gasteiger partial charge in [-0.1, -0.05) is 50.1 Å². The average molecular weight is 385 g/mol. The van der Waals surface area contributed by atoms with Crippen LogP contribution in [0.4, 0.5) is 5.69 Å². The Morgan fingerprint density at radius 3 is 2.59 bits per heavy atom. The molecule has 0 unspecified atom stereocenters. The van der Waals surface area contributed by atoms with Gasteiger partial charge in [-0.15, -0.1) is 0 Å². The number of hydrogen-bond donors (Lipinski definition) is 2. The van der Waals surface area contributed by atoms with Crippen LogP contribution in [-0.4, -0.2) is 17.9 Å². The number of anilines is 1. The zero-order chi connectivity index (χ0) is 19.4. The lowest BCUT2D eigenvalue weighted by Gasteiger charge is -2.24. The summed E-state index contributed by atoms with van der Waals surface area (Å²) in [6, 6.07) is 12.3. The van der Waals surface area contributed by atoms with Gasteiger partial charge in [0.1, 0.15) is 6.04 Å². The summed E-state index contributed by atoms with van der Waals surface area (Å²) in [6.07, 6.45) is 4.09. The minimum absolute atomic E-state index is 0.00846. The molecule has 2 atom stereocenters. The highest BCUT2D eigenvalue weighted by molar-refractivity contribution is 6.33. The highest BCUT2D eigenvalue weighted by atomic mass is 35.5. The van der Waals surface area contributed by atoms with Crippen molar-refractivity contribution in [2.75, 3.05) is 5.32 Å². The van der Waals surface area contributed by atoms with Crippen molar-refractivity contribution < 1.29 is 9.59 Å². The van der Waals surface area contributed by atoms with Gasteiger partial charge in [0.05, 0.1) is 10.6 Å². The van der Waals surface area contributed by atoms with Gasteiger partial charge in [-0.05, 0) is 60.6 Å². The Bertz CT molecular complexity index is 850. The Kier molecular flexibility index (Phi) is 6.17. The molecule has 3 rings (SSSR count). The number of carbonyl (C=O) groups is 2. The van der Waals surface area contributed by atoms with Crippen molar-refractivity contribution in [1.82, 2.24) is 5.32 Å². The third-order valence-electron chi connectivity index (χ3n) is 5.27. The van der Waals surface area contributed by atoms with E-state index in [1.54, 1.807) is 24.3 Å². The van der Waals surface area contributed by atoms with Gasteiger partial charge in [-0.25, -0.2) is 0 Å². The van der Waals surface area contributed by atoms with E-state index >= 15 is 0 Å². The van der Waals surface area contributed by atoms with Crippen molar-refractivity contribution in [3.8, 4) is 0 Å². The second kappa shape index (κ2) is 8.57. The Morgan fingerprint density at radius 1 is 1.11 bits per heavy atom. The normalized spacial score (nSPS) is 14.9. The lowest BCUT2D eigenvalue weighted by molar-refractivity contribution is -0.119. The molecule has 0 aromatic heterocycles. The molecule has 2 aromatic carbocycles. The standard InChI is InChI=1S/C22H25ClN2O2/c1-3-14(2)20(25-21(26)18-9-4-5-10-19(18)23)22(27)24-17-12-11-15-7-6-8-16(15)13-17/h4-5,9-14,20H,3,6-8H2,1-2H3,(H,24,27)(H,25,26)/t14-,20-/m0/s1. The predicted octanol–water partition coefficient (Wildman–Crippen LogP) is 4.61. The van der Waals surface area contributed by atoms with Crippen molar-refractivity contribution in [3.05, 3.63) is 64.2 Å². The molecular weight excluding hydrogens is 360 g/mol. The number of halogens is 1. The Labute approximate surface area is 165 Å². The minimum Gasteiger partial charge on any atom is -0.340 e. The SMILES string of the molecule is CC[C@H](C)[C@H](NC(=O)c1ccccc1Cl)C(=O)Nc1ccc2c(c1)CCC2. The topological polar surface area (TPSA) is 58.2 Å². The van der Waals surface area contributed by atoms with Gasteiger partial charge in [-0.2, -0.15) is 0 Å². The molecule has 142 valence electrons. The van der Waals surface area contributed by atoms with E-state index in [2.05, 4.69) is 16.7 Å². The first-order valence-electron chi connectivity index (χ1n) is 9.47. The Hall–Kier alpha value is -2.33. The van der Waals surface area contributed by atoms with Crippen molar-refractivity contribution >= 4 is 29.1 Å². The number of nitrogens with one attached hydrogen (secondary N) is 2.